The van der Waals surface area contributed by atoms with E-state index in [0.717, 1.165) is 4.90 Å². The number of thioether (sulfide) groups is 1. The van der Waals surface area contributed by atoms with Crippen LogP contribution in [-0.2, 0) is 4.79 Å². The molecule has 0 radical (unpaired) electrons. The molecule has 2 N–H and O–H groups in total. The lowest BCUT2D eigenvalue weighted by Crippen LogP contribution is -2.37. The standard InChI is InChI=1S/C22H20F2N2O7S/c1-31-13-4-5-14(15(27)11-13)19(28)25-7-8-26-20(29)18(34-22(26)30)10-12-3-6-16(33-21(23)24)17(9-12)32-2/h3-6,9-11,21,27H,7-8H2,1-2H3,(H,25,28)/b18-10-. The van der Waals surface area contributed by atoms with Crippen LogP contribution in [-0.4, -0.2) is 61.0 Å². The first-order valence-electron chi connectivity index (χ1n) is 9.77. The number of hydrogen-bond donors (Lipinski definition) is 2. The summed E-state index contributed by atoms with van der Waals surface area (Å²) in [6.45, 7) is -3.15. The third-order valence-electron chi connectivity index (χ3n) is 4.65. The quantitative estimate of drug-likeness (QED) is 0.510. The van der Waals surface area contributed by atoms with Gasteiger partial charge in [-0.2, -0.15) is 8.78 Å². The molecule has 34 heavy (non-hydrogen) atoms. The molecule has 0 bridgehead atoms. The van der Waals surface area contributed by atoms with Crippen molar-refractivity contribution in [1.82, 2.24) is 10.2 Å². The van der Waals surface area contributed by atoms with Gasteiger partial charge < -0.3 is 24.6 Å². The lowest BCUT2D eigenvalue weighted by atomic mass is 10.1. The Morgan fingerprint density at radius 3 is 2.56 bits per heavy atom. The highest BCUT2D eigenvalue weighted by Crippen LogP contribution is 2.35. The number of aromatic hydroxyl groups is 1. The fourth-order valence-corrected chi connectivity index (χ4v) is 3.88. The van der Waals surface area contributed by atoms with Crippen molar-refractivity contribution >= 4 is 34.9 Å². The van der Waals surface area contributed by atoms with Crippen LogP contribution in [0.5, 0.6) is 23.0 Å². The maximum Gasteiger partial charge on any atom is 0.387 e. The number of imide groups is 1. The minimum atomic E-state index is -3.02. The highest BCUT2D eigenvalue weighted by Gasteiger charge is 2.34. The Morgan fingerprint density at radius 1 is 1.15 bits per heavy atom. The van der Waals surface area contributed by atoms with Crippen molar-refractivity contribution in [2.75, 3.05) is 27.3 Å². The largest absolute Gasteiger partial charge is 0.507 e. The van der Waals surface area contributed by atoms with Gasteiger partial charge in [0.15, 0.2) is 11.5 Å². The number of halogens is 2. The third kappa shape index (κ3) is 5.76. The molecule has 1 heterocycles. The van der Waals surface area contributed by atoms with E-state index in [-0.39, 0.29) is 40.8 Å². The number of nitrogens with zero attached hydrogens (tertiary/aromatic N) is 1. The Bertz CT molecular complexity index is 1140. The number of amides is 3. The first-order chi connectivity index (χ1) is 16.2. The van der Waals surface area contributed by atoms with Gasteiger partial charge in [0, 0.05) is 19.2 Å². The van der Waals surface area contributed by atoms with E-state index in [2.05, 4.69) is 10.1 Å². The van der Waals surface area contributed by atoms with Gasteiger partial charge in [-0.15, -0.1) is 0 Å². The van der Waals surface area contributed by atoms with Crippen molar-refractivity contribution in [2.24, 2.45) is 0 Å². The van der Waals surface area contributed by atoms with E-state index < -0.39 is 23.7 Å². The minimum absolute atomic E-state index is 0.0167. The smallest absolute Gasteiger partial charge is 0.387 e. The molecular formula is C22H20F2N2O7S. The SMILES string of the molecule is COc1ccc(C(=O)NCCN2C(=O)S/C(=C\c3ccc(OC(F)F)c(OC)c3)C2=O)c(O)c1. The summed E-state index contributed by atoms with van der Waals surface area (Å²) in [7, 11) is 2.71. The number of phenols is 1. The number of alkyl halides is 2. The fraction of sp³-hybridized carbons (Fsp3) is 0.227. The van der Waals surface area contributed by atoms with Crippen LogP contribution in [0.4, 0.5) is 13.6 Å². The second-order valence-electron chi connectivity index (χ2n) is 6.76. The molecule has 0 atom stereocenters. The van der Waals surface area contributed by atoms with Gasteiger partial charge in [-0.3, -0.25) is 19.3 Å². The molecular weight excluding hydrogens is 474 g/mol. The molecule has 0 aromatic heterocycles. The van der Waals surface area contributed by atoms with Crippen LogP contribution in [0.25, 0.3) is 6.08 Å². The molecule has 2 aromatic carbocycles. The number of nitrogens with one attached hydrogen (secondary N) is 1. The van der Waals surface area contributed by atoms with Gasteiger partial charge in [0.25, 0.3) is 17.1 Å². The van der Waals surface area contributed by atoms with Crippen LogP contribution in [0.2, 0.25) is 0 Å². The molecule has 0 unspecified atom stereocenters. The van der Waals surface area contributed by atoms with Crippen LogP contribution in [0, 0.1) is 0 Å². The predicted octanol–water partition coefficient (Wildman–Crippen LogP) is 3.48. The molecule has 0 spiro atoms. The van der Waals surface area contributed by atoms with Crippen molar-refractivity contribution < 1.29 is 42.5 Å². The fourth-order valence-electron chi connectivity index (χ4n) is 3.02. The summed E-state index contributed by atoms with van der Waals surface area (Å²) in [6.07, 6.45) is 1.42. The first-order valence-corrected chi connectivity index (χ1v) is 10.6. The molecule has 1 saturated heterocycles. The monoisotopic (exact) mass is 494 g/mol. The van der Waals surface area contributed by atoms with Gasteiger partial charge in [0.05, 0.1) is 24.7 Å². The van der Waals surface area contributed by atoms with Gasteiger partial charge in [-0.1, -0.05) is 6.07 Å². The van der Waals surface area contributed by atoms with Gasteiger partial charge in [-0.25, -0.2) is 0 Å². The number of ether oxygens (including phenoxy) is 3. The highest BCUT2D eigenvalue weighted by atomic mass is 32.2. The van der Waals surface area contributed by atoms with Crippen LogP contribution in [0.1, 0.15) is 15.9 Å². The van der Waals surface area contributed by atoms with Gasteiger partial charge in [0.2, 0.25) is 0 Å². The number of carbonyl (C=O) groups excluding carboxylic acids is 3. The molecule has 0 aliphatic carbocycles. The van der Waals surface area contributed by atoms with E-state index >= 15 is 0 Å². The van der Waals surface area contributed by atoms with Crippen molar-refractivity contribution in [3.8, 4) is 23.0 Å². The summed E-state index contributed by atoms with van der Waals surface area (Å²) >= 11 is 0.707. The number of methoxy groups -OCH3 is 2. The number of benzene rings is 2. The second-order valence-corrected chi connectivity index (χ2v) is 7.75. The average Bonchev–Trinajstić information content (AvgIpc) is 3.06. The van der Waals surface area contributed by atoms with Crippen molar-refractivity contribution in [1.29, 1.82) is 0 Å². The molecule has 12 heteroatoms. The highest BCUT2D eigenvalue weighted by molar-refractivity contribution is 8.18. The third-order valence-corrected chi connectivity index (χ3v) is 5.55. The van der Waals surface area contributed by atoms with Gasteiger partial charge in [-0.05, 0) is 47.7 Å². The topological polar surface area (TPSA) is 114 Å². The number of phenolic OH excluding ortho intramolecular Hbond substituents is 1. The number of carbonyl (C=O) groups is 3. The van der Waals surface area contributed by atoms with Crippen LogP contribution in [0.3, 0.4) is 0 Å². The van der Waals surface area contributed by atoms with Crippen LogP contribution < -0.4 is 19.5 Å². The summed E-state index contributed by atoms with van der Waals surface area (Å²) in [6, 6.07) is 8.29. The Balaban J connectivity index is 1.63. The summed E-state index contributed by atoms with van der Waals surface area (Å²) in [5.74, 6) is -1.16. The Labute approximate surface area is 197 Å². The Morgan fingerprint density at radius 2 is 1.91 bits per heavy atom. The summed E-state index contributed by atoms with van der Waals surface area (Å²) in [4.78, 5) is 38.3. The molecule has 3 rings (SSSR count). The zero-order valence-corrected chi connectivity index (χ0v) is 18.9. The summed E-state index contributed by atoms with van der Waals surface area (Å²) in [5, 5.41) is 12.0. The van der Waals surface area contributed by atoms with Crippen molar-refractivity contribution in [3.05, 3.63) is 52.4 Å². The van der Waals surface area contributed by atoms with E-state index in [0.29, 0.717) is 23.1 Å². The molecule has 2 aromatic rings. The lowest BCUT2D eigenvalue weighted by molar-refractivity contribution is -0.122. The molecule has 1 aliphatic rings. The van der Waals surface area contributed by atoms with E-state index in [1.807, 2.05) is 0 Å². The maximum atomic E-state index is 12.7. The predicted molar refractivity (Wildman–Crippen MR) is 119 cm³/mol. The Kier molecular flexibility index (Phi) is 7.95. The van der Waals surface area contributed by atoms with Crippen molar-refractivity contribution in [2.45, 2.75) is 6.61 Å². The normalized spacial score (nSPS) is 14.6. The average molecular weight is 494 g/mol. The number of hydrogen-bond acceptors (Lipinski definition) is 8. The first kappa shape index (κ1) is 24.8. The summed E-state index contributed by atoms with van der Waals surface area (Å²) in [5.41, 5.74) is 0.454. The molecule has 0 saturated carbocycles. The van der Waals surface area contributed by atoms with Crippen molar-refractivity contribution in [3.63, 3.8) is 0 Å². The summed E-state index contributed by atoms with van der Waals surface area (Å²) < 4.78 is 39.3. The molecule has 1 aliphatic heterocycles. The minimum Gasteiger partial charge on any atom is -0.507 e. The second kappa shape index (κ2) is 10.9. The zero-order chi connectivity index (χ0) is 24.8. The lowest BCUT2D eigenvalue weighted by Gasteiger charge is -2.13. The molecule has 180 valence electrons. The van der Waals surface area contributed by atoms with E-state index in [1.54, 1.807) is 0 Å². The van der Waals surface area contributed by atoms with Crippen LogP contribution >= 0.6 is 11.8 Å². The molecule has 1 fully saturated rings. The maximum absolute atomic E-state index is 12.7. The number of rotatable bonds is 9. The molecule has 9 nitrogen and oxygen atoms in total. The molecule has 3 amide bonds. The van der Waals surface area contributed by atoms with Crippen LogP contribution in [0.15, 0.2) is 41.3 Å². The van der Waals surface area contributed by atoms with Gasteiger partial charge >= 0.3 is 6.61 Å². The van der Waals surface area contributed by atoms with E-state index in [9.17, 15) is 28.3 Å². The van der Waals surface area contributed by atoms with Gasteiger partial charge in [0.1, 0.15) is 11.5 Å². The van der Waals surface area contributed by atoms with E-state index in [1.165, 1.54) is 56.7 Å². The van der Waals surface area contributed by atoms with E-state index in [4.69, 9.17) is 9.47 Å². The Hall–Kier alpha value is -3.80. The zero-order valence-electron chi connectivity index (χ0n) is 18.0.